The van der Waals surface area contributed by atoms with Gasteiger partial charge in [-0.2, -0.15) is 15.1 Å². The molecule has 0 radical (unpaired) electrons. The Bertz CT molecular complexity index is 1220. The van der Waals surface area contributed by atoms with Crippen LogP contribution in [0.4, 0.5) is 10.2 Å². The first kappa shape index (κ1) is 26.6. The van der Waals surface area contributed by atoms with Crippen molar-refractivity contribution in [1.82, 2.24) is 19.7 Å². The van der Waals surface area contributed by atoms with E-state index in [0.717, 1.165) is 30.4 Å². The van der Waals surface area contributed by atoms with Crippen molar-refractivity contribution >= 4 is 45.9 Å². The molecule has 196 valence electrons. The van der Waals surface area contributed by atoms with E-state index in [2.05, 4.69) is 20.4 Å². The highest BCUT2D eigenvalue weighted by molar-refractivity contribution is 7.98. The zero-order chi connectivity index (χ0) is 25.5. The zero-order valence-corrected chi connectivity index (χ0v) is 21.0. The number of halogens is 2. The Kier molecular flexibility index (Phi) is 7.70. The number of nitrogens with one attached hydrogen (secondary N) is 1. The van der Waals surface area contributed by atoms with Gasteiger partial charge in [-0.05, 0) is 24.4 Å². The van der Waals surface area contributed by atoms with Gasteiger partial charge in [0.2, 0.25) is 5.28 Å². The Morgan fingerprint density at radius 3 is 2.69 bits per heavy atom. The molecule has 1 unspecified atom stereocenters. The fourth-order valence-electron chi connectivity index (χ4n) is 4.23. The largest absolute Gasteiger partial charge is 0.387 e. The second-order valence-electron chi connectivity index (χ2n) is 8.47. The lowest BCUT2D eigenvalue weighted by Crippen LogP contribution is -2.35. The maximum Gasteiger partial charge on any atom is 0.369 e. The molecule has 17 heteroatoms. The highest BCUT2D eigenvalue weighted by Crippen LogP contribution is 2.45. The van der Waals surface area contributed by atoms with E-state index in [1.807, 2.05) is 0 Å². The third-order valence-corrected chi connectivity index (χ3v) is 10.3. The highest BCUT2D eigenvalue weighted by atomic mass is 35.5. The third-order valence-electron chi connectivity index (χ3n) is 6.04. The van der Waals surface area contributed by atoms with Gasteiger partial charge in [0.25, 0.3) is 5.18 Å². The number of alkyl halides is 1. The molecule has 0 aromatic carbocycles. The van der Waals surface area contributed by atoms with Crippen LogP contribution in [-0.4, -0.2) is 85.0 Å². The molecule has 5 atom stereocenters. The van der Waals surface area contributed by atoms with Gasteiger partial charge in [0.1, 0.15) is 18.0 Å². The summed E-state index contributed by atoms with van der Waals surface area (Å²) < 4.78 is 62.3. The summed E-state index contributed by atoms with van der Waals surface area (Å²) in [7, 11) is -9.54. The van der Waals surface area contributed by atoms with E-state index in [1.165, 1.54) is 13.1 Å². The quantitative estimate of drug-likeness (QED) is 0.256. The van der Waals surface area contributed by atoms with Gasteiger partial charge in [-0.15, -0.1) is 0 Å². The molecule has 13 nitrogen and oxygen atoms in total. The van der Waals surface area contributed by atoms with Gasteiger partial charge in [-0.25, -0.2) is 17.5 Å². The van der Waals surface area contributed by atoms with E-state index < -0.39 is 59.6 Å². The summed E-state index contributed by atoms with van der Waals surface area (Å²) in [5, 5.41) is 15.7. The van der Waals surface area contributed by atoms with Crippen LogP contribution in [0.2, 0.25) is 5.28 Å². The van der Waals surface area contributed by atoms with Crippen molar-refractivity contribution in [2.24, 2.45) is 0 Å². The minimum absolute atomic E-state index is 0.108. The number of anilines is 1. The Morgan fingerprint density at radius 2 is 2.06 bits per heavy atom. The molecule has 2 aliphatic rings. The van der Waals surface area contributed by atoms with Crippen LogP contribution in [0, 0.1) is 0 Å². The van der Waals surface area contributed by atoms with E-state index in [-0.39, 0.29) is 17.0 Å². The number of aliphatic hydroxyl groups excluding tert-OH is 1. The molecular formula is C18H26ClFN5O8PS. The van der Waals surface area contributed by atoms with E-state index in [9.17, 15) is 27.9 Å². The SMILES string of the molecule is CCS(=O)(=O)C(OC[C@H]1O[C@@H](n2ncc3c(NC4CCCC4)nc(Cl)nc32)[C@@H](F)[C@@H]1O)P(=O)(O)O. The van der Waals surface area contributed by atoms with Gasteiger partial charge in [0.05, 0.1) is 23.9 Å². The predicted molar refractivity (Wildman–Crippen MR) is 122 cm³/mol. The van der Waals surface area contributed by atoms with Gasteiger partial charge in [-0.3, -0.25) is 4.57 Å². The molecule has 2 aromatic heterocycles. The molecule has 2 fully saturated rings. The smallest absolute Gasteiger partial charge is 0.369 e. The molecule has 35 heavy (non-hydrogen) atoms. The Hall–Kier alpha value is -1.45. The minimum Gasteiger partial charge on any atom is -0.387 e. The van der Waals surface area contributed by atoms with Crippen LogP contribution in [0.15, 0.2) is 6.20 Å². The van der Waals surface area contributed by atoms with Gasteiger partial charge < -0.3 is 29.7 Å². The lowest BCUT2D eigenvalue weighted by atomic mass is 10.1. The van der Waals surface area contributed by atoms with Crippen LogP contribution in [0.1, 0.15) is 38.8 Å². The number of sulfone groups is 1. The first-order chi connectivity index (χ1) is 16.4. The van der Waals surface area contributed by atoms with Crippen molar-refractivity contribution in [3.8, 4) is 0 Å². The summed E-state index contributed by atoms with van der Waals surface area (Å²) in [6.45, 7) is 0.401. The summed E-state index contributed by atoms with van der Waals surface area (Å²) in [5.74, 6) is -0.163. The molecule has 1 aliphatic heterocycles. The number of ether oxygens (including phenoxy) is 2. The normalized spacial score (nSPS) is 27.0. The van der Waals surface area contributed by atoms with Crippen LogP contribution in [0.5, 0.6) is 0 Å². The zero-order valence-electron chi connectivity index (χ0n) is 18.6. The molecule has 4 rings (SSSR count). The molecule has 3 heterocycles. The van der Waals surface area contributed by atoms with Crippen LogP contribution >= 0.6 is 19.2 Å². The number of aromatic nitrogens is 4. The van der Waals surface area contributed by atoms with E-state index >= 15 is 4.39 Å². The molecular weight excluding hydrogens is 532 g/mol. The number of nitrogens with zero attached hydrogens (tertiary/aromatic N) is 4. The topological polar surface area (TPSA) is 186 Å². The van der Waals surface area contributed by atoms with Crippen molar-refractivity contribution in [3.63, 3.8) is 0 Å². The van der Waals surface area contributed by atoms with Gasteiger partial charge >= 0.3 is 7.60 Å². The third kappa shape index (κ3) is 5.47. The number of hydrogen-bond donors (Lipinski definition) is 4. The lowest BCUT2D eigenvalue weighted by Gasteiger charge is -2.21. The van der Waals surface area contributed by atoms with Crippen molar-refractivity contribution in [2.75, 3.05) is 17.7 Å². The van der Waals surface area contributed by atoms with Crippen molar-refractivity contribution in [1.29, 1.82) is 0 Å². The van der Waals surface area contributed by atoms with Crippen LogP contribution < -0.4 is 5.32 Å². The summed E-state index contributed by atoms with van der Waals surface area (Å²) >= 11 is 6.08. The molecule has 1 saturated carbocycles. The summed E-state index contributed by atoms with van der Waals surface area (Å²) in [6.07, 6.45) is -1.25. The Morgan fingerprint density at radius 1 is 1.37 bits per heavy atom. The molecule has 4 N–H and O–H groups in total. The maximum absolute atomic E-state index is 15.1. The Labute approximate surface area is 205 Å². The highest BCUT2D eigenvalue weighted by Gasteiger charge is 2.48. The molecule has 0 amide bonds. The van der Waals surface area contributed by atoms with Crippen molar-refractivity contribution < 1.29 is 41.7 Å². The number of rotatable bonds is 9. The van der Waals surface area contributed by atoms with Crippen LogP contribution in [0.25, 0.3) is 11.0 Å². The fourth-order valence-corrected chi connectivity index (χ4v) is 7.36. The molecule has 0 bridgehead atoms. The molecule has 2 aromatic rings. The molecule has 0 spiro atoms. The summed E-state index contributed by atoms with van der Waals surface area (Å²) in [4.78, 5) is 27.1. The minimum atomic E-state index is -5.22. The van der Waals surface area contributed by atoms with Gasteiger partial charge in [0, 0.05) is 6.04 Å². The molecule has 1 saturated heterocycles. The van der Waals surface area contributed by atoms with E-state index in [0.29, 0.717) is 11.2 Å². The number of fused-ring (bicyclic) bond motifs is 1. The van der Waals surface area contributed by atoms with Gasteiger partial charge in [-0.1, -0.05) is 19.8 Å². The lowest BCUT2D eigenvalue weighted by molar-refractivity contribution is -0.0657. The van der Waals surface area contributed by atoms with E-state index in [4.69, 9.17) is 21.1 Å². The predicted octanol–water partition coefficient (Wildman–Crippen LogP) is 1.34. The Balaban J connectivity index is 1.56. The number of aliphatic hydroxyl groups is 1. The van der Waals surface area contributed by atoms with Crippen molar-refractivity contribution in [3.05, 3.63) is 11.5 Å². The summed E-state index contributed by atoms with van der Waals surface area (Å²) in [6, 6.07) is 0.203. The average molecular weight is 558 g/mol. The van der Waals surface area contributed by atoms with Crippen LogP contribution in [0.3, 0.4) is 0 Å². The number of hydrogen-bond acceptors (Lipinski definition) is 10. The monoisotopic (exact) mass is 557 g/mol. The first-order valence-corrected chi connectivity index (χ1v) is 14.7. The maximum atomic E-state index is 15.1. The fraction of sp³-hybridized carbons (Fsp3) is 0.722. The first-order valence-electron chi connectivity index (χ1n) is 11.0. The molecule has 1 aliphatic carbocycles. The second-order valence-corrected chi connectivity index (χ2v) is 13.1. The van der Waals surface area contributed by atoms with Crippen LogP contribution in [-0.2, 0) is 23.9 Å². The van der Waals surface area contributed by atoms with E-state index in [1.54, 1.807) is 0 Å². The second kappa shape index (κ2) is 10.1. The van der Waals surface area contributed by atoms with Gasteiger partial charge in [0.15, 0.2) is 27.9 Å². The summed E-state index contributed by atoms with van der Waals surface area (Å²) in [5.41, 5.74) is 0.147. The van der Waals surface area contributed by atoms with Crippen molar-refractivity contribution in [2.45, 2.75) is 68.4 Å². The standard InChI is InChI=1S/C18H26ClFN5O8PS/c1-2-35(30,31)18(34(27,28)29)32-8-11-13(26)12(20)16(33-11)25-15-10(7-21-25)14(23-17(19)24-15)22-9-5-3-4-6-9/h7,9,11-13,16,18,26H,2-6,8H2,1H3,(H,22,23,24)(H2,27,28,29)/t11-,12+,13-,16-,18?/m1/s1. The average Bonchev–Trinajstić information content (AvgIpc) is 3.49.